The molecule has 0 radical (unpaired) electrons. The predicted molar refractivity (Wildman–Crippen MR) is 75.9 cm³/mol. The minimum atomic E-state index is 0.482. The molecule has 0 aliphatic carbocycles. The van der Waals surface area contributed by atoms with Gasteiger partial charge in [-0.2, -0.15) is 0 Å². The second-order valence-electron chi connectivity index (χ2n) is 5.16. The average Bonchev–Trinajstić information content (AvgIpc) is 2.89. The van der Waals surface area contributed by atoms with Gasteiger partial charge in [0.05, 0.1) is 4.34 Å². The largest absolute Gasteiger partial charge is 0.316 e. The van der Waals surface area contributed by atoms with E-state index in [0.29, 0.717) is 5.41 Å². The molecule has 1 aliphatic rings. The van der Waals surface area contributed by atoms with Gasteiger partial charge in [0.25, 0.3) is 0 Å². The van der Waals surface area contributed by atoms with Gasteiger partial charge in [-0.05, 0) is 44.0 Å². The predicted octanol–water partition coefficient (Wildman–Crippen LogP) is 3.22. The van der Waals surface area contributed by atoms with Crippen LogP contribution >= 0.6 is 22.9 Å². The first-order valence-corrected chi connectivity index (χ1v) is 7.46. The van der Waals surface area contributed by atoms with Crippen molar-refractivity contribution in [2.24, 2.45) is 5.41 Å². The van der Waals surface area contributed by atoms with Crippen LogP contribution in [0.4, 0.5) is 0 Å². The third kappa shape index (κ3) is 3.44. The van der Waals surface area contributed by atoms with Crippen molar-refractivity contribution in [1.82, 2.24) is 10.2 Å². The van der Waals surface area contributed by atoms with E-state index in [0.717, 1.165) is 10.9 Å². The fraction of sp³-hybridized carbons (Fsp3) is 0.692. The summed E-state index contributed by atoms with van der Waals surface area (Å²) in [5.41, 5.74) is 0.482. The maximum absolute atomic E-state index is 5.96. The second kappa shape index (κ2) is 5.70. The lowest BCUT2D eigenvalue weighted by Crippen LogP contribution is -2.36. The van der Waals surface area contributed by atoms with Gasteiger partial charge in [0, 0.05) is 24.5 Å². The van der Waals surface area contributed by atoms with Crippen molar-refractivity contribution >= 4 is 22.9 Å². The molecule has 0 aromatic carbocycles. The summed E-state index contributed by atoms with van der Waals surface area (Å²) in [7, 11) is 2.21. The molecule has 1 aliphatic heterocycles. The van der Waals surface area contributed by atoms with Crippen molar-refractivity contribution in [3.05, 3.63) is 21.3 Å². The van der Waals surface area contributed by atoms with E-state index < -0.39 is 0 Å². The minimum Gasteiger partial charge on any atom is -0.316 e. The molecule has 17 heavy (non-hydrogen) atoms. The third-order valence-electron chi connectivity index (χ3n) is 3.74. The summed E-state index contributed by atoms with van der Waals surface area (Å²) < 4.78 is 0.890. The highest BCUT2D eigenvalue weighted by atomic mass is 35.5. The zero-order valence-electron chi connectivity index (χ0n) is 10.6. The Labute approximate surface area is 113 Å². The molecular weight excluding hydrogens is 252 g/mol. The first kappa shape index (κ1) is 13.3. The van der Waals surface area contributed by atoms with E-state index in [9.17, 15) is 0 Å². The number of hydrogen-bond donors (Lipinski definition) is 1. The molecule has 1 fully saturated rings. The minimum absolute atomic E-state index is 0.482. The highest BCUT2D eigenvalue weighted by molar-refractivity contribution is 7.16. The van der Waals surface area contributed by atoms with E-state index in [4.69, 9.17) is 11.6 Å². The molecule has 1 unspecified atom stereocenters. The molecular formula is C13H21ClN2S. The van der Waals surface area contributed by atoms with Gasteiger partial charge in [0.1, 0.15) is 0 Å². The monoisotopic (exact) mass is 272 g/mol. The SMILES string of the molecule is CCC1(CN(C)Cc2ccc(Cl)s2)CCNC1. The van der Waals surface area contributed by atoms with E-state index in [1.165, 1.54) is 37.4 Å². The Morgan fingerprint density at radius 2 is 2.35 bits per heavy atom. The lowest BCUT2D eigenvalue weighted by Gasteiger charge is -2.31. The number of halogens is 1. The molecule has 1 atom stereocenters. The standard InChI is InChI=1S/C13H21ClN2S/c1-3-13(6-7-15-9-13)10-16(2)8-11-4-5-12(14)17-11/h4-5,15H,3,6-10H2,1-2H3. The maximum atomic E-state index is 5.96. The molecule has 2 rings (SSSR count). The Hall–Kier alpha value is -0.0900. The summed E-state index contributed by atoms with van der Waals surface area (Å²) in [6.07, 6.45) is 2.56. The zero-order valence-corrected chi connectivity index (χ0v) is 12.2. The van der Waals surface area contributed by atoms with Gasteiger partial charge in [-0.1, -0.05) is 18.5 Å². The summed E-state index contributed by atoms with van der Waals surface area (Å²) in [5.74, 6) is 0. The fourth-order valence-corrected chi connectivity index (χ4v) is 3.84. The van der Waals surface area contributed by atoms with E-state index in [1.54, 1.807) is 11.3 Å². The Bertz CT molecular complexity index is 358. The first-order valence-electron chi connectivity index (χ1n) is 6.27. The third-order valence-corrected chi connectivity index (χ3v) is 4.96. The molecule has 2 heterocycles. The van der Waals surface area contributed by atoms with E-state index >= 15 is 0 Å². The number of hydrogen-bond acceptors (Lipinski definition) is 3. The Kier molecular flexibility index (Phi) is 4.47. The van der Waals surface area contributed by atoms with Gasteiger partial charge in [-0.15, -0.1) is 11.3 Å². The van der Waals surface area contributed by atoms with Gasteiger partial charge in [0.15, 0.2) is 0 Å². The zero-order chi connectivity index (χ0) is 12.3. The van der Waals surface area contributed by atoms with E-state index in [1.807, 2.05) is 6.07 Å². The highest BCUT2D eigenvalue weighted by Crippen LogP contribution is 2.31. The quantitative estimate of drug-likeness (QED) is 0.885. The van der Waals surface area contributed by atoms with Gasteiger partial charge in [0.2, 0.25) is 0 Å². The van der Waals surface area contributed by atoms with Crippen LogP contribution in [0.25, 0.3) is 0 Å². The van der Waals surface area contributed by atoms with Crippen LogP contribution in [0.5, 0.6) is 0 Å². The lowest BCUT2D eigenvalue weighted by molar-refractivity contribution is 0.180. The van der Waals surface area contributed by atoms with Gasteiger partial charge in [-0.25, -0.2) is 0 Å². The van der Waals surface area contributed by atoms with Crippen molar-refractivity contribution in [1.29, 1.82) is 0 Å². The number of thiophene rings is 1. The van der Waals surface area contributed by atoms with Crippen molar-refractivity contribution in [2.45, 2.75) is 26.3 Å². The van der Waals surface area contributed by atoms with E-state index in [-0.39, 0.29) is 0 Å². The lowest BCUT2D eigenvalue weighted by atomic mass is 9.84. The molecule has 1 aromatic heterocycles. The Morgan fingerprint density at radius 1 is 1.53 bits per heavy atom. The summed E-state index contributed by atoms with van der Waals surface area (Å²) in [4.78, 5) is 3.79. The molecule has 4 heteroatoms. The molecule has 0 amide bonds. The summed E-state index contributed by atoms with van der Waals surface area (Å²) in [5, 5.41) is 3.49. The number of nitrogens with one attached hydrogen (secondary N) is 1. The second-order valence-corrected chi connectivity index (χ2v) is 6.96. The topological polar surface area (TPSA) is 15.3 Å². The average molecular weight is 273 g/mol. The van der Waals surface area contributed by atoms with E-state index in [2.05, 4.69) is 30.3 Å². The van der Waals surface area contributed by atoms with Crippen molar-refractivity contribution in [2.75, 3.05) is 26.7 Å². The molecule has 0 saturated carbocycles. The summed E-state index contributed by atoms with van der Waals surface area (Å²) >= 11 is 7.65. The van der Waals surface area contributed by atoms with Crippen LogP contribution in [-0.2, 0) is 6.54 Å². The van der Waals surface area contributed by atoms with Gasteiger partial charge < -0.3 is 10.2 Å². The smallest absolute Gasteiger partial charge is 0.0931 e. The number of nitrogens with zero attached hydrogens (tertiary/aromatic N) is 1. The first-order chi connectivity index (χ1) is 8.13. The molecule has 96 valence electrons. The van der Waals surface area contributed by atoms with Crippen LogP contribution in [-0.4, -0.2) is 31.6 Å². The summed E-state index contributed by atoms with van der Waals surface area (Å²) in [6.45, 7) is 6.83. The Morgan fingerprint density at radius 3 is 2.88 bits per heavy atom. The molecule has 1 N–H and O–H groups in total. The van der Waals surface area contributed by atoms with Crippen LogP contribution in [0.3, 0.4) is 0 Å². The van der Waals surface area contributed by atoms with Crippen LogP contribution in [0, 0.1) is 5.41 Å². The highest BCUT2D eigenvalue weighted by Gasteiger charge is 2.32. The van der Waals surface area contributed by atoms with Crippen molar-refractivity contribution in [3.63, 3.8) is 0 Å². The summed E-state index contributed by atoms with van der Waals surface area (Å²) in [6, 6.07) is 4.12. The number of rotatable bonds is 5. The van der Waals surface area contributed by atoms with Crippen molar-refractivity contribution < 1.29 is 0 Å². The van der Waals surface area contributed by atoms with Crippen LogP contribution < -0.4 is 5.32 Å². The normalized spacial score (nSPS) is 24.7. The van der Waals surface area contributed by atoms with Crippen LogP contribution in [0.1, 0.15) is 24.6 Å². The van der Waals surface area contributed by atoms with Crippen LogP contribution in [0.15, 0.2) is 12.1 Å². The molecule has 1 aromatic rings. The molecule has 0 bridgehead atoms. The molecule has 1 saturated heterocycles. The van der Waals surface area contributed by atoms with Gasteiger partial charge >= 0.3 is 0 Å². The van der Waals surface area contributed by atoms with Crippen molar-refractivity contribution in [3.8, 4) is 0 Å². The fourth-order valence-electron chi connectivity index (χ4n) is 2.68. The Balaban J connectivity index is 1.90. The molecule has 2 nitrogen and oxygen atoms in total. The van der Waals surface area contributed by atoms with Crippen LogP contribution in [0.2, 0.25) is 4.34 Å². The van der Waals surface area contributed by atoms with Gasteiger partial charge in [-0.3, -0.25) is 0 Å². The maximum Gasteiger partial charge on any atom is 0.0931 e. The molecule has 0 spiro atoms.